The Morgan fingerprint density at radius 1 is 1.06 bits per heavy atom. The average Bonchev–Trinajstić information content (AvgIpc) is 2.73. The molecule has 0 saturated heterocycles. The molecule has 16 heavy (non-hydrogen) atoms. The average molecular weight is 224 g/mol. The fourth-order valence-corrected chi connectivity index (χ4v) is 2.52. The van der Waals surface area contributed by atoms with E-state index in [9.17, 15) is 0 Å². The number of aromatic nitrogens is 2. The minimum Gasteiger partial charge on any atom is -0.254 e. The Kier molecular flexibility index (Phi) is 2.22. The van der Waals surface area contributed by atoms with Crippen molar-refractivity contribution >= 4 is 34.9 Å². The molecule has 2 aromatic heterocycles. The highest BCUT2D eigenvalue weighted by Gasteiger charge is 2.05. The molecule has 0 aliphatic carbocycles. The molecule has 2 nitrogen and oxygen atoms in total. The van der Waals surface area contributed by atoms with Gasteiger partial charge in [-0.25, -0.2) is 4.98 Å². The SMILES string of the molecule is Bc1ccc(-c2nc3ccccc3s2)nc1. The molecular formula is C12H9BN2S. The van der Waals surface area contributed by atoms with Gasteiger partial charge in [0.05, 0.1) is 15.9 Å². The number of benzene rings is 1. The van der Waals surface area contributed by atoms with Crippen LogP contribution in [0.15, 0.2) is 42.6 Å². The molecule has 0 bridgehead atoms. The van der Waals surface area contributed by atoms with Crippen molar-refractivity contribution in [2.45, 2.75) is 0 Å². The molecule has 76 valence electrons. The number of hydrogen-bond donors (Lipinski definition) is 0. The summed E-state index contributed by atoms with van der Waals surface area (Å²) < 4.78 is 1.21. The van der Waals surface area contributed by atoms with Crippen molar-refractivity contribution < 1.29 is 0 Å². The Bertz CT molecular complexity index is 598. The minimum absolute atomic E-state index is 0.951. The van der Waals surface area contributed by atoms with Gasteiger partial charge < -0.3 is 0 Å². The number of nitrogens with zero attached hydrogens (tertiary/aromatic N) is 2. The zero-order valence-corrected chi connectivity index (χ0v) is 9.66. The van der Waals surface area contributed by atoms with Crippen molar-refractivity contribution in [3.8, 4) is 10.7 Å². The zero-order chi connectivity index (χ0) is 11.0. The molecule has 0 amide bonds. The van der Waals surface area contributed by atoms with Crippen LogP contribution in [0.4, 0.5) is 0 Å². The summed E-state index contributed by atoms with van der Waals surface area (Å²) in [5.41, 5.74) is 3.17. The van der Waals surface area contributed by atoms with Crippen LogP contribution in [0.1, 0.15) is 0 Å². The van der Waals surface area contributed by atoms with Gasteiger partial charge in [-0.3, -0.25) is 4.98 Å². The van der Waals surface area contributed by atoms with Crippen molar-refractivity contribution in [2.75, 3.05) is 0 Å². The summed E-state index contributed by atoms with van der Waals surface area (Å²) in [7, 11) is 2.04. The zero-order valence-electron chi connectivity index (χ0n) is 8.84. The number of fused-ring (bicyclic) bond motifs is 1. The lowest BCUT2D eigenvalue weighted by Gasteiger charge is -1.94. The topological polar surface area (TPSA) is 25.8 Å². The molecule has 1 aromatic carbocycles. The quantitative estimate of drug-likeness (QED) is 0.587. The molecule has 0 aliphatic rings. The Hall–Kier alpha value is -1.68. The summed E-state index contributed by atoms with van der Waals surface area (Å²) in [4.78, 5) is 8.96. The lowest BCUT2D eigenvalue weighted by Crippen LogP contribution is -2.01. The minimum atomic E-state index is 0.951. The first-order valence-corrected chi connectivity index (χ1v) is 5.93. The van der Waals surface area contributed by atoms with Gasteiger partial charge in [-0.2, -0.15) is 0 Å². The molecule has 0 spiro atoms. The highest BCUT2D eigenvalue weighted by molar-refractivity contribution is 7.21. The number of hydrogen-bond acceptors (Lipinski definition) is 3. The third kappa shape index (κ3) is 1.61. The van der Waals surface area contributed by atoms with Gasteiger partial charge in [-0.05, 0) is 18.2 Å². The third-order valence-electron chi connectivity index (χ3n) is 2.42. The van der Waals surface area contributed by atoms with Crippen LogP contribution in [0.3, 0.4) is 0 Å². The van der Waals surface area contributed by atoms with Gasteiger partial charge in [0, 0.05) is 6.20 Å². The van der Waals surface area contributed by atoms with Crippen molar-refractivity contribution in [1.82, 2.24) is 9.97 Å². The van der Waals surface area contributed by atoms with E-state index in [4.69, 9.17) is 0 Å². The maximum absolute atomic E-state index is 4.57. The molecule has 0 aliphatic heterocycles. The highest BCUT2D eigenvalue weighted by atomic mass is 32.1. The number of pyridine rings is 1. The molecule has 0 atom stereocenters. The summed E-state index contributed by atoms with van der Waals surface area (Å²) in [5.74, 6) is 0. The van der Waals surface area contributed by atoms with Crippen LogP contribution in [0, 0.1) is 0 Å². The van der Waals surface area contributed by atoms with Gasteiger partial charge in [0.15, 0.2) is 0 Å². The van der Waals surface area contributed by atoms with Crippen LogP contribution < -0.4 is 5.46 Å². The summed E-state index contributed by atoms with van der Waals surface area (Å²) in [6.45, 7) is 0. The highest BCUT2D eigenvalue weighted by Crippen LogP contribution is 2.28. The van der Waals surface area contributed by atoms with Gasteiger partial charge in [0.25, 0.3) is 0 Å². The summed E-state index contributed by atoms with van der Waals surface area (Å²) in [6.07, 6.45) is 1.88. The molecule has 3 aromatic rings. The molecule has 0 fully saturated rings. The normalized spacial score (nSPS) is 10.8. The second-order valence-corrected chi connectivity index (χ2v) is 4.74. The maximum atomic E-state index is 4.57. The smallest absolute Gasteiger partial charge is 0.143 e. The van der Waals surface area contributed by atoms with Gasteiger partial charge in [-0.15, -0.1) is 11.3 Å². The molecule has 0 saturated carbocycles. The fraction of sp³-hybridized carbons (Fsp3) is 0. The van der Waals surface area contributed by atoms with Gasteiger partial charge >= 0.3 is 0 Å². The van der Waals surface area contributed by atoms with Crippen molar-refractivity contribution in [1.29, 1.82) is 0 Å². The first-order chi connectivity index (χ1) is 7.83. The Morgan fingerprint density at radius 2 is 1.94 bits per heavy atom. The van der Waals surface area contributed by atoms with Crippen molar-refractivity contribution in [3.05, 3.63) is 42.6 Å². The van der Waals surface area contributed by atoms with Crippen LogP contribution in [-0.4, -0.2) is 17.8 Å². The van der Waals surface area contributed by atoms with E-state index in [1.165, 1.54) is 10.2 Å². The van der Waals surface area contributed by atoms with Crippen molar-refractivity contribution in [3.63, 3.8) is 0 Å². The number of rotatable bonds is 1. The van der Waals surface area contributed by atoms with Gasteiger partial charge in [0.2, 0.25) is 0 Å². The van der Waals surface area contributed by atoms with Crippen LogP contribution in [0.2, 0.25) is 0 Å². The van der Waals surface area contributed by atoms with Crippen LogP contribution in [0.25, 0.3) is 20.9 Å². The van der Waals surface area contributed by atoms with Crippen LogP contribution >= 0.6 is 11.3 Å². The number of thiazole rings is 1. The van der Waals surface area contributed by atoms with Crippen LogP contribution in [0.5, 0.6) is 0 Å². The molecule has 4 heteroatoms. The standard InChI is InChI=1S/C12H9BN2S/c13-8-5-6-10(14-7-8)12-15-9-3-1-2-4-11(9)16-12/h1-7H,13H2. The van der Waals surface area contributed by atoms with Gasteiger partial charge in [0.1, 0.15) is 12.9 Å². The maximum Gasteiger partial charge on any atom is 0.143 e. The predicted octanol–water partition coefficient (Wildman–Crippen LogP) is 1.62. The van der Waals surface area contributed by atoms with Crippen LogP contribution in [-0.2, 0) is 0 Å². The fourth-order valence-electron chi connectivity index (χ4n) is 1.58. The van der Waals surface area contributed by atoms with E-state index in [0.29, 0.717) is 0 Å². The second kappa shape index (κ2) is 3.72. The lowest BCUT2D eigenvalue weighted by atomic mass is 9.99. The Morgan fingerprint density at radius 3 is 2.69 bits per heavy atom. The van der Waals surface area contributed by atoms with Crippen molar-refractivity contribution in [2.24, 2.45) is 0 Å². The Balaban J connectivity index is 2.15. The van der Waals surface area contributed by atoms with E-state index >= 15 is 0 Å². The molecule has 0 unspecified atom stereocenters. The second-order valence-electron chi connectivity index (χ2n) is 3.71. The summed E-state index contributed by atoms with van der Waals surface area (Å²) in [5, 5.41) is 0.987. The number of para-hydroxylation sites is 1. The van der Waals surface area contributed by atoms with E-state index in [1.807, 2.05) is 38.3 Å². The first kappa shape index (κ1) is 9.54. The van der Waals surface area contributed by atoms with Gasteiger partial charge in [-0.1, -0.05) is 23.7 Å². The van der Waals surface area contributed by atoms with E-state index < -0.39 is 0 Å². The Labute approximate surface area is 98.4 Å². The molecular weight excluding hydrogens is 215 g/mol. The predicted molar refractivity (Wildman–Crippen MR) is 71.0 cm³/mol. The third-order valence-corrected chi connectivity index (χ3v) is 3.48. The van der Waals surface area contributed by atoms with E-state index in [0.717, 1.165) is 16.2 Å². The van der Waals surface area contributed by atoms with E-state index in [2.05, 4.69) is 22.1 Å². The largest absolute Gasteiger partial charge is 0.254 e. The van der Waals surface area contributed by atoms with E-state index in [1.54, 1.807) is 11.3 Å². The molecule has 0 N–H and O–H groups in total. The molecule has 0 radical (unpaired) electrons. The van der Waals surface area contributed by atoms with E-state index in [-0.39, 0.29) is 0 Å². The summed E-state index contributed by atoms with van der Waals surface area (Å²) in [6, 6.07) is 12.2. The first-order valence-electron chi connectivity index (χ1n) is 5.11. The summed E-state index contributed by atoms with van der Waals surface area (Å²) >= 11 is 1.68. The lowest BCUT2D eigenvalue weighted by molar-refractivity contribution is 1.32. The monoisotopic (exact) mass is 224 g/mol. The molecule has 2 heterocycles. The molecule has 3 rings (SSSR count).